The highest BCUT2D eigenvalue weighted by Gasteiger charge is 2.19. The van der Waals surface area contributed by atoms with E-state index >= 15 is 0 Å². The fourth-order valence-electron chi connectivity index (χ4n) is 2.61. The van der Waals surface area contributed by atoms with Gasteiger partial charge in [0.1, 0.15) is 5.69 Å². The Labute approximate surface area is 131 Å². The fraction of sp³-hybridized carbons (Fsp3) is 0.125. The molecule has 0 saturated carbocycles. The van der Waals surface area contributed by atoms with Crippen molar-refractivity contribution in [3.8, 4) is 22.7 Å². The summed E-state index contributed by atoms with van der Waals surface area (Å²) in [5.41, 5.74) is 9.87. The number of nitrogens with two attached hydrogens (primary N) is 1. The Kier molecular flexibility index (Phi) is 3.25. The molecule has 0 aliphatic rings. The summed E-state index contributed by atoms with van der Waals surface area (Å²) in [6.45, 7) is 0.564. The van der Waals surface area contributed by atoms with Crippen molar-refractivity contribution in [3.05, 3.63) is 54.0 Å². The molecule has 0 unspecified atom stereocenters. The van der Waals surface area contributed by atoms with Crippen LogP contribution in [-0.2, 0) is 6.42 Å². The molecule has 4 heterocycles. The van der Waals surface area contributed by atoms with Gasteiger partial charge in [0, 0.05) is 29.8 Å². The van der Waals surface area contributed by atoms with Gasteiger partial charge in [-0.25, -0.2) is 4.98 Å². The SMILES string of the molecule is NCCc1c(-c2cccnc2)nc2scc(-c3ccco3)n12. The normalized spacial score (nSPS) is 11.3. The predicted octanol–water partition coefficient (Wildman–Crippen LogP) is 3.22. The predicted molar refractivity (Wildman–Crippen MR) is 86.8 cm³/mol. The van der Waals surface area contributed by atoms with Crippen molar-refractivity contribution >= 4 is 16.3 Å². The molecule has 2 N–H and O–H groups in total. The van der Waals surface area contributed by atoms with Crippen LogP contribution in [0.3, 0.4) is 0 Å². The number of pyridine rings is 1. The van der Waals surface area contributed by atoms with Gasteiger partial charge in [-0.15, -0.1) is 11.3 Å². The zero-order chi connectivity index (χ0) is 14.9. The Hall–Kier alpha value is -2.44. The van der Waals surface area contributed by atoms with Crippen molar-refractivity contribution in [2.75, 3.05) is 6.54 Å². The number of rotatable bonds is 4. The fourth-order valence-corrected chi connectivity index (χ4v) is 3.51. The van der Waals surface area contributed by atoms with E-state index in [1.54, 1.807) is 23.8 Å². The number of aromatic nitrogens is 3. The Bertz CT molecular complexity index is 893. The molecule has 0 aromatic carbocycles. The number of nitrogens with zero attached hydrogens (tertiary/aromatic N) is 3. The van der Waals surface area contributed by atoms with Crippen molar-refractivity contribution in [1.82, 2.24) is 14.4 Å². The minimum absolute atomic E-state index is 0.564. The zero-order valence-corrected chi connectivity index (χ0v) is 12.6. The lowest BCUT2D eigenvalue weighted by Crippen LogP contribution is -2.06. The number of fused-ring (bicyclic) bond motifs is 1. The summed E-state index contributed by atoms with van der Waals surface area (Å²) in [5.74, 6) is 0.833. The van der Waals surface area contributed by atoms with Gasteiger partial charge in [-0.05, 0) is 30.8 Å². The molecule has 0 saturated heterocycles. The smallest absolute Gasteiger partial charge is 0.195 e. The summed E-state index contributed by atoms with van der Waals surface area (Å²) in [6, 6.07) is 7.78. The van der Waals surface area contributed by atoms with Gasteiger partial charge in [-0.3, -0.25) is 9.38 Å². The van der Waals surface area contributed by atoms with E-state index in [9.17, 15) is 0 Å². The molecule has 0 spiro atoms. The van der Waals surface area contributed by atoms with Crippen LogP contribution >= 0.6 is 11.3 Å². The third kappa shape index (κ3) is 2.04. The molecule has 4 rings (SSSR count). The van der Waals surface area contributed by atoms with Gasteiger partial charge in [0.15, 0.2) is 10.7 Å². The van der Waals surface area contributed by atoms with E-state index in [2.05, 4.69) is 14.8 Å². The van der Waals surface area contributed by atoms with E-state index in [-0.39, 0.29) is 0 Å². The Morgan fingerprint density at radius 2 is 2.23 bits per heavy atom. The van der Waals surface area contributed by atoms with Crippen LogP contribution in [0.5, 0.6) is 0 Å². The number of imidazole rings is 1. The number of hydrogen-bond donors (Lipinski definition) is 1. The molecule has 4 aromatic rings. The summed E-state index contributed by atoms with van der Waals surface area (Å²) >= 11 is 1.60. The lowest BCUT2D eigenvalue weighted by atomic mass is 10.1. The van der Waals surface area contributed by atoms with Gasteiger partial charge in [-0.1, -0.05) is 0 Å². The van der Waals surface area contributed by atoms with Crippen LogP contribution < -0.4 is 5.73 Å². The highest BCUT2D eigenvalue weighted by Crippen LogP contribution is 2.33. The molecule has 0 bridgehead atoms. The first-order chi connectivity index (χ1) is 10.9. The van der Waals surface area contributed by atoms with E-state index in [1.807, 2.05) is 30.5 Å². The summed E-state index contributed by atoms with van der Waals surface area (Å²) < 4.78 is 7.69. The maximum absolute atomic E-state index is 5.82. The Morgan fingerprint density at radius 3 is 2.95 bits per heavy atom. The van der Waals surface area contributed by atoms with Gasteiger partial charge in [-0.2, -0.15) is 0 Å². The quantitative estimate of drug-likeness (QED) is 0.628. The van der Waals surface area contributed by atoms with Crippen LogP contribution in [0.2, 0.25) is 0 Å². The molecule has 22 heavy (non-hydrogen) atoms. The van der Waals surface area contributed by atoms with Crippen LogP contribution in [0.1, 0.15) is 5.69 Å². The second-order valence-corrected chi connectivity index (χ2v) is 5.74. The molecule has 0 fully saturated rings. The molecule has 110 valence electrons. The molecular formula is C16H14N4OS. The van der Waals surface area contributed by atoms with Crippen LogP contribution in [0.25, 0.3) is 27.7 Å². The third-order valence-corrected chi connectivity index (χ3v) is 4.37. The molecule has 6 heteroatoms. The monoisotopic (exact) mass is 310 g/mol. The van der Waals surface area contributed by atoms with E-state index in [0.717, 1.165) is 39.8 Å². The third-order valence-electron chi connectivity index (χ3n) is 3.55. The minimum atomic E-state index is 0.564. The highest BCUT2D eigenvalue weighted by atomic mass is 32.1. The average molecular weight is 310 g/mol. The first kappa shape index (κ1) is 13.2. The maximum Gasteiger partial charge on any atom is 0.195 e. The van der Waals surface area contributed by atoms with Crippen LogP contribution in [0, 0.1) is 0 Å². The maximum atomic E-state index is 5.82. The standard InChI is InChI=1S/C16H14N4OS/c17-6-5-12-15(11-3-1-7-18-9-11)19-16-20(12)13(10-22-16)14-4-2-8-21-14/h1-4,7-10H,5-6,17H2. The highest BCUT2D eigenvalue weighted by molar-refractivity contribution is 7.15. The van der Waals surface area contributed by atoms with Gasteiger partial charge >= 0.3 is 0 Å². The largest absolute Gasteiger partial charge is 0.463 e. The molecule has 0 amide bonds. The van der Waals surface area contributed by atoms with Crippen LogP contribution in [-0.4, -0.2) is 20.9 Å². The first-order valence-corrected chi connectivity index (χ1v) is 7.89. The second-order valence-electron chi connectivity index (χ2n) is 4.90. The molecule has 4 aromatic heterocycles. The molecule has 0 radical (unpaired) electrons. The van der Waals surface area contributed by atoms with Crippen molar-refractivity contribution in [1.29, 1.82) is 0 Å². The summed E-state index contributed by atoms with van der Waals surface area (Å²) in [5, 5.41) is 2.06. The molecular weight excluding hydrogens is 296 g/mol. The second kappa shape index (κ2) is 5.40. The molecule has 0 aliphatic carbocycles. The lowest BCUT2D eigenvalue weighted by molar-refractivity contribution is 0.579. The molecule has 0 atom stereocenters. The van der Waals surface area contributed by atoms with Gasteiger partial charge in [0.25, 0.3) is 0 Å². The van der Waals surface area contributed by atoms with E-state index in [1.165, 1.54) is 0 Å². The topological polar surface area (TPSA) is 69.3 Å². The number of hydrogen-bond acceptors (Lipinski definition) is 5. The molecule has 5 nitrogen and oxygen atoms in total. The van der Waals surface area contributed by atoms with Gasteiger partial charge in [0.05, 0.1) is 17.7 Å². The van der Waals surface area contributed by atoms with E-state index < -0.39 is 0 Å². The summed E-state index contributed by atoms with van der Waals surface area (Å²) in [7, 11) is 0. The number of thiazole rings is 1. The summed E-state index contributed by atoms with van der Waals surface area (Å²) in [4.78, 5) is 9.91. The number of furan rings is 1. The summed E-state index contributed by atoms with van der Waals surface area (Å²) in [6.07, 6.45) is 6.02. The average Bonchev–Trinajstić information content (AvgIpc) is 3.25. The van der Waals surface area contributed by atoms with Crippen molar-refractivity contribution in [2.45, 2.75) is 6.42 Å². The zero-order valence-electron chi connectivity index (χ0n) is 11.8. The van der Waals surface area contributed by atoms with Crippen molar-refractivity contribution in [2.24, 2.45) is 5.73 Å². The van der Waals surface area contributed by atoms with Crippen LogP contribution in [0.15, 0.2) is 52.7 Å². The van der Waals surface area contributed by atoms with E-state index in [4.69, 9.17) is 15.1 Å². The first-order valence-electron chi connectivity index (χ1n) is 7.01. The van der Waals surface area contributed by atoms with E-state index in [0.29, 0.717) is 6.54 Å². The van der Waals surface area contributed by atoms with Crippen molar-refractivity contribution < 1.29 is 4.42 Å². The van der Waals surface area contributed by atoms with Gasteiger partial charge in [0.2, 0.25) is 0 Å². The lowest BCUT2D eigenvalue weighted by Gasteiger charge is -2.04. The van der Waals surface area contributed by atoms with Gasteiger partial charge < -0.3 is 10.2 Å². The van der Waals surface area contributed by atoms with Crippen LogP contribution in [0.4, 0.5) is 0 Å². The Morgan fingerprint density at radius 1 is 1.27 bits per heavy atom. The minimum Gasteiger partial charge on any atom is -0.463 e. The Balaban J connectivity index is 1.98. The van der Waals surface area contributed by atoms with Crippen molar-refractivity contribution in [3.63, 3.8) is 0 Å². The molecule has 0 aliphatic heterocycles.